The van der Waals surface area contributed by atoms with Gasteiger partial charge in [-0.3, -0.25) is 10.1 Å². The Balaban J connectivity index is 0.00000121. The zero-order valence-corrected chi connectivity index (χ0v) is 6.61. The first-order valence-electron chi connectivity index (χ1n) is 2.78. The van der Waals surface area contributed by atoms with E-state index in [-0.39, 0.29) is 12.4 Å². The van der Waals surface area contributed by atoms with Gasteiger partial charge in [-0.1, -0.05) is 6.07 Å². The summed E-state index contributed by atoms with van der Waals surface area (Å²) in [6, 6.07) is 3.59. The van der Waals surface area contributed by atoms with Gasteiger partial charge < -0.3 is 10.2 Å². The molecule has 1 aromatic rings. The Labute approximate surface area is 73.8 Å². The fourth-order valence-corrected chi connectivity index (χ4v) is 0.707. The Bertz CT molecular complexity index is 281. The van der Waals surface area contributed by atoms with Crippen molar-refractivity contribution in [2.45, 2.75) is 0 Å². The van der Waals surface area contributed by atoms with Crippen molar-refractivity contribution < 1.29 is 15.1 Å². The molecule has 0 radical (unpaired) electrons. The normalized spacial score (nSPS) is 8.67. The first-order chi connectivity index (χ1) is 5.13. The summed E-state index contributed by atoms with van der Waals surface area (Å²) in [7, 11) is 0. The van der Waals surface area contributed by atoms with Crippen molar-refractivity contribution >= 4 is 18.1 Å². The summed E-state index contributed by atoms with van der Waals surface area (Å²) in [5.74, 6) is -1.06. The van der Waals surface area contributed by atoms with E-state index in [2.05, 4.69) is 0 Å². The van der Waals surface area contributed by atoms with Crippen LogP contribution in [0.25, 0.3) is 0 Å². The molecule has 0 saturated carbocycles. The van der Waals surface area contributed by atoms with Crippen LogP contribution >= 0.6 is 12.4 Å². The van der Waals surface area contributed by atoms with E-state index in [0.717, 1.165) is 12.1 Å². The number of halogens is 1. The molecule has 0 aromatic heterocycles. The molecule has 0 atom stereocenters. The largest absolute Gasteiger partial charge is 0.502 e. The molecule has 2 N–H and O–H groups in total. The Morgan fingerprint density at radius 1 is 1.25 bits per heavy atom. The molecule has 0 heterocycles. The second kappa shape index (κ2) is 3.77. The number of nitro groups is 1. The molecule has 0 spiro atoms. The first kappa shape index (κ1) is 10.5. The highest BCUT2D eigenvalue weighted by atomic mass is 35.5. The van der Waals surface area contributed by atoms with Crippen molar-refractivity contribution in [3.05, 3.63) is 28.3 Å². The highest BCUT2D eigenvalue weighted by molar-refractivity contribution is 5.85. The number of benzene rings is 1. The van der Waals surface area contributed by atoms with Gasteiger partial charge in [0.25, 0.3) is 0 Å². The van der Waals surface area contributed by atoms with Crippen LogP contribution in [0, 0.1) is 10.1 Å². The second-order valence-corrected chi connectivity index (χ2v) is 1.90. The van der Waals surface area contributed by atoms with Crippen LogP contribution < -0.4 is 0 Å². The van der Waals surface area contributed by atoms with Crippen LogP contribution in [0.4, 0.5) is 5.69 Å². The third-order valence-electron chi connectivity index (χ3n) is 1.18. The lowest BCUT2D eigenvalue weighted by atomic mass is 10.3. The molecule has 0 unspecified atom stereocenters. The Morgan fingerprint density at radius 2 is 1.67 bits per heavy atom. The standard InChI is InChI=1S/C6H5NO4.ClH/c8-4-2-1-3-5(9)6(4)7(10)11;/h1-3,8-9H;1H. The molecule has 5 nitrogen and oxygen atoms in total. The monoisotopic (exact) mass is 191 g/mol. The number of phenols is 2. The summed E-state index contributed by atoms with van der Waals surface area (Å²) in [6.07, 6.45) is 0. The van der Waals surface area contributed by atoms with E-state index in [1.165, 1.54) is 6.07 Å². The van der Waals surface area contributed by atoms with E-state index in [9.17, 15) is 10.1 Å². The van der Waals surface area contributed by atoms with Crippen LogP contribution in [-0.2, 0) is 0 Å². The quantitative estimate of drug-likeness (QED) is 0.520. The van der Waals surface area contributed by atoms with Crippen molar-refractivity contribution in [2.75, 3.05) is 0 Å². The maximum absolute atomic E-state index is 10.1. The molecule has 12 heavy (non-hydrogen) atoms. The number of para-hydroxylation sites is 1. The Hall–Kier alpha value is -1.49. The number of nitro benzene ring substituents is 1. The van der Waals surface area contributed by atoms with Crippen LogP contribution in [0.5, 0.6) is 11.5 Å². The van der Waals surface area contributed by atoms with E-state index in [4.69, 9.17) is 10.2 Å². The number of phenolic OH excluding ortho intramolecular Hbond substituents is 2. The molecule has 1 rings (SSSR count). The van der Waals surface area contributed by atoms with E-state index in [1.807, 2.05) is 0 Å². The van der Waals surface area contributed by atoms with Gasteiger partial charge in [-0.25, -0.2) is 0 Å². The van der Waals surface area contributed by atoms with Gasteiger partial charge in [0.1, 0.15) is 0 Å². The zero-order valence-electron chi connectivity index (χ0n) is 5.80. The molecule has 0 aliphatic carbocycles. The third-order valence-corrected chi connectivity index (χ3v) is 1.18. The van der Waals surface area contributed by atoms with Gasteiger partial charge >= 0.3 is 5.69 Å². The molecule has 1 aromatic carbocycles. The molecule has 0 bridgehead atoms. The lowest BCUT2D eigenvalue weighted by molar-refractivity contribution is -0.386. The summed E-state index contributed by atoms with van der Waals surface area (Å²) in [5, 5.41) is 27.8. The predicted octanol–water partition coefficient (Wildman–Crippen LogP) is 1.43. The van der Waals surface area contributed by atoms with Crippen molar-refractivity contribution in [3.63, 3.8) is 0 Å². The van der Waals surface area contributed by atoms with Crippen molar-refractivity contribution in [1.29, 1.82) is 0 Å². The SMILES string of the molecule is Cl.O=[N+]([O-])c1c(O)cccc1O. The molecule has 0 fully saturated rings. The van der Waals surface area contributed by atoms with Crippen molar-refractivity contribution in [1.82, 2.24) is 0 Å². The molecule has 0 aliphatic rings. The molecule has 0 saturated heterocycles. The fourth-order valence-electron chi connectivity index (χ4n) is 0.707. The summed E-state index contributed by atoms with van der Waals surface area (Å²) >= 11 is 0. The predicted molar refractivity (Wildman–Crippen MR) is 43.7 cm³/mol. The van der Waals surface area contributed by atoms with E-state index < -0.39 is 22.1 Å². The van der Waals surface area contributed by atoms with Gasteiger partial charge in [-0.05, 0) is 12.1 Å². The van der Waals surface area contributed by atoms with Crippen LogP contribution in [0.1, 0.15) is 0 Å². The molecule has 0 aliphatic heterocycles. The van der Waals surface area contributed by atoms with Gasteiger partial charge in [0.2, 0.25) is 0 Å². The molecule has 66 valence electrons. The summed E-state index contributed by atoms with van der Waals surface area (Å²) in [5.41, 5.74) is -0.660. The summed E-state index contributed by atoms with van der Waals surface area (Å²) in [6.45, 7) is 0. The topological polar surface area (TPSA) is 83.6 Å². The highest BCUT2D eigenvalue weighted by Crippen LogP contribution is 2.33. The van der Waals surface area contributed by atoms with Crippen molar-refractivity contribution in [3.8, 4) is 11.5 Å². The lowest BCUT2D eigenvalue weighted by Crippen LogP contribution is -1.88. The third kappa shape index (κ3) is 1.76. The van der Waals surface area contributed by atoms with Gasteiger partial charge in [-0.15, -0.1) is 12.4 Å². The lowest BCUT2D eigenvalue weighted by Gasteiger charge is -1.95. The Kier molecular flexibility index (Phi) is 3.30. The molecular weight excluding hydrogens is 186 g/mol. The number of hydrogen-bond acceptors (Lipinski definition) is 4. The smallest absolute Gasteiger partial charge is 0.351 e. The van der Waals surface area contributed by atoms with Crippen LogP contribution in [0.2, 0.25) is 0 Å². The van der Waals surface area contributed by atoms with Crippen LogP contribution in [-0.4, -0.2) is 15.1 Å². The van der Waals surface area contributed by atoms with Crippen molar-refractivity contribution in [2.24, 2.45) is 0 Å². The van der Waals surface area contributed by atoms with Gasteiger partial charge in [-0.2, -0.15) is 0 Å². The van der Waals surface area contributed by atoms with Crippen LogP contribution in [0.3, 0.4) is 0 Å². The summed E-state index contributed by atoms with van der Waals surface area (Å²) in [4.78, 5) is 9.29. The number of aromatic hydroxyl groups is 2. The van der Waals surface area contributed by atoms with E-state index in [0.29, 0.717) is 0 Å². The van der Waals surface area contributed by atoms with Gasteiger partial charge in [0, 0.05) is 0 Å². The summed E-state index contributed by atoms with van der Waals surface area (Å²) < 4.78 is 0. The molecule has 0 amide bonds. The van der Waals surface area contributed by atoms with Gasteiger partial charge in [0.05, 0.1) is 4.92 Å². The number of rotatable bonds is 1. The minimum atomic E-state index is -0.843. The van der Waals surface area contributed by atoms with Crippen LogP contribution in [0.15, 0.2) is 18.2 Å². The first-order valence-corrected chi connectivity index (χ1v) is 2.78. The maximum Gasteiger partial charge on any atom is 0.351 e. The van der Waals surface area contributed by atoms with E-state index >= 15 is 0 Å². The second-order valence-electron chi connectivity index (χ2n) is 1.90. The van der Waals surface area contributed by atoms with Gasteiger partial charge in [0.15, 0.2) is 11.5 Å². The zero-order chi connectivity index (χ0) is 8.43. The average Bonchev–Trinajstić information content (AvgIpc) is 1.85. The number of hydrogen-bond donors (Lipinski definition) is 2. The molecular formula is C6H6ClNO4. The average molecular weight is 192 g/mol. The molecule has 6 heteroatoms. The maximum atomic E-state index is 10.1. The fraction of sp³-hybridized carbons (Fsp3) is 0. The highest BCUT2D eigenvalue weighted by Gasteiger charge is 2.17. The Morgan fingerprint density at radius 3 is 1.92 bits per heavy atom. The minimum Gasteiger partial charge on any atom is -0.502 e. The number of nitrogens with zero attached hydrogens (tertiary/aromatic N) is 1. The minimum absolute atomic E-state index is 0. The van der Waals surface area contributed by atoms with E-state index in [1.54, 1.807) is 0 Å².